The number of hydrogen-bond acceptors (Lipinski definition) is 3. The molecule has 0 saturated carbocycles. The van der Waals surface area contributed by atoms with Crippen LogP contribution in [0.2, 0.25) is 0 Å². The minimum absolute atomic E-state index is 0.00338. The van der Waals surface area contributed by atoms with Gasteiger partial charge in [-0.3, -0.25) is 0 Å². The van der Waals surface area contributed by atoms with Gasteiger partial charge in [0.25, 0.3) is 0 Å². The molecule has 0 amide bonds. The molecule has 2 aromatic rings. The molecule has 3 nitrogen and oxygen atoms in total. The minimum Gasteiger partial charge on any atom is -0.496 e. The van der Waals surface area contributed by atoms with E-state index in [2.05, 4.69) is 48.8 Å². The van der Waals surface area contributed by atoms with Crippen molar-refractivity contribution in [2.24, 2.45) is 0 Å². The van der Waals surface area contributed by atoms with Crippen LogP contribution < -0.4 is 9.57 Å². The fourth-order valence-electron chi connectivity index (χ4n) is 2.81. The van der Waals surface area contributed by atoms with E-state index in [0.717, 1.165) is 27.1 Å². The van der Waals surface area contributed by atoms with Gasteiger partial charge in [0.2, 0.25) is 0 Å². The van der Waals surface area contributed by atoms with Crippen LogP contribution in [0.3, 0.4) is 0 Å². The van der Waals surface area contributed by atoms with E-state index in [9.17, 15) is 0 Å². The Balaban J connectivity index is 2.19. The van der Waals surface area contributed by atoms with Crippen LogP contribution in [0.25, 0.3) is 0 Å². The predicted octanol–water partition coefficient (Wildman–Crippen LogP) is 4.96. The van der Waals surface area contributed by atoms with Crippen LogP contribution >= 0.6 is 15.9 Å². The van der Waals surface area contributed by atoms with E-state index in [1.807, 2.05) is 35.4 Å². The Morgan fingerprint density at radius 1 is 1.09 bits per heavy atom. The Morgan fingerprint density at radius 2 is 1.82 bits per heavy atom. The van der Waals surface area contributed by atoms with Gasteiger partial charge in [-0.25, -0.2) is 0 Å². The number of para-hydroxylation sites is 1. The molecule has 116 valence electrons. The SMILES string of the molecule is COc1ccc(Br)cc1C1c2ccccc2ON1C(C)(C)C. The van der Waals surface area contributed by atoms with Crippen LogP contribution in [-0.4, -0.2) is 17.7 Å². The van der Waals surface area contributed by atoms with E-state index in [1.54, 1.807) is 7.11 Å². The quantitative estimate of drug-likeness (QED) is 0.754. The fourth-order valence-corrected chi connectivity index (χ4v) is 3.19. The van der Waals surface area contributed by atoms with Crippen LogP contribution in [0, 0.1) is 0 Å². The molecule has 1 unspecified atom stereocenters. The lowest BCUT2D eigenvalue weighted by Crippen LogP contribution is -2.43. The minimum atomic E-state index is -0.142. The molecule has 0 N–H and O–H groups in total. The summed E-state index contributed by atoms with van der Waals surface area (Å²) in [6, 6.07) is 14.3. The molecule has 0 saturated heterocycles. The van der Waals surface area contributed by atoms with Crippen LogP contribution in [0.1, 0.15) is 37.9 Å². The number of benzene rings is 2. The molecule has 1 atom stereocenters. The van der Waals surface area contributed by atoms with E-state index >= 15 is 0 Å². The highest BCUT2D eigenvalue weighted by atomic mass is 79.9. The first-order chi connectivity index (χ1) is 10.4. The lowest BCUT2D eigenvalue weighted by molar-refractivity contribution is -0.129. The summed E-state index contributed by atoms with van der Waals surface area (Å²) in [5.41, 5.74) is 2.11. The van der Waals surface area contributed by atoms with E-state index in [1.165, 1.54) is 0 Å². The van der Waals surface area contributed by atoms with Crippen molar-refractivity contribution in [2.45, 2.75) is 32.4 Å². The first kappa shape index (κ1) is 15.4. The third-order valence-corrected chi connectivity index (χ3v) is 4.29. The van der Waals surface area contributed by atoms with E-state index in [0.29, 0.717) is 0 Å². The van der Waals surface area contributed by atoms with Crippen molar-refractivity contribution in [3.05, 3.63) is 58.1 Å². The van der Waals surface area contributed by atoms with Crippen molar-refractivity contribution in [1.29, 1.82) is 0 Å². The van der Waals surface area contributed by atoms with E-state index in [4.69, 9.17) is 9.57 Å². The molecule has 22 heavy (non-hydrogen) atoms. The highest BCUT2D eigenvalue weighted by Crippen LogP contribution is 2.47. The standard InChI is InChI=1S/C18H20BrNO2/c1-18(2,3)20-17(13-7-5-6-8-16(13)22-20)14-11-12(19)9-10-15(14)21-4/h5-11,17H,1-4H3. The summed E-state index contributed by atoms with van der Waals surface area (Å²) in [7, 11) is 1.70. The van der Waals surface area contributed by atoms with Gasteiger partial charge >= 0.3 is 0 Å². The van der Waals surface area contributed by atoms with Gasteiger partial charge in [-0.15, -0.1) is 5.06 Å². The van der Waals surface area contributed by atoms with E-state index in [-0.39, 0.29) is 11.6 Å². The van der Waals surface area contributed by atoms with Gasteiger partial charge in [-0.2, -0.15) is 0 Å². The Labute approximate surface area is 139 Å². The average Bonchev–Trinajstić information content (AvgIpc) is 2.86. The summed E-state index contributed by atoms with van der Waals surface area (Å²) >= 11 is 3.57. The van der Waals surface area contributed by atoms with Crippen LogP contribution in [-0.2, 0) is 0 Å². The number of rotatable bonds is 2. The number of halogens is 1. The van der Waals surface area contributed by atoms with Gasteiger partial charge in [-0.05, 0) is 45.0 Å². The monoisotopic (exact) mass is 361 g/mol. The first-order valence-electron chi connectivity index (χ1n) is 7.31. The smallest absolute Gasteiger partial charge is 0.152 e. The van der Waals surface area contributed by atoms with Crippen molar-refractivity contribution in [2.75, 3.05) is 7.11 Å². The van der Waals surface area contributed by atoms with Crippen molar-refractivity contribution in [3.8, 4) is 11.5 Å². The highest BCUT2D eigenvalue weighted by Gasteiger charge is 2.41. The van der Waals surface area contributed by atoms with Gasteiger partial charge in [0.05, 0.1) is 7.11 Å². The molecule has 3 rings (SSSR count). The summed E-state index contributed by atoms with van der Waals surface area (Å²) in [6.07, 6.45) is 0. The fraction of sp³-hybridized carbons (Fsp3) is 0.333. The van der Waals surface area contributed by atoms with Gasteiger partial charge in [-0.1, -0.05) is 34.1 Å². The average molecular weight is 362 g/mol. The molecule has 1 aliphatic heterocycles. The summed E-state index contributed by atoms with van der Waals surface area (Å²) < 4.78 is 6.61. The van der Waals surface area contributed by atoms with Crippen molar-refractivity contribution in [3.63, 3.8) is 0 Å². The number of ether oxygens (including phenoxy) is 1. The lowest BCUT2D eigenvalue weighted by Gasteiger charge is -2.35. The molecule has 1 aliphatic rings. The molecule has 4 heteroatoms. The molecule has 0 radical (unpaired) electrons. The molecular formula is C18H20BrNO2. The zero-order valence-corrected chi connectivity index (χ0v) is 14.8. The number of hydrogen-bond donors (Lipinski definition) is 0. The maximum absolute atomic E-state index is 6.14. The van der Waals surface area contributed by atoms with Crippen LogP contribution in [0.4, 0.5) is 0 Å². The number of nitrogens with zero attached hydrogens (tertiary/aromatic N) is 1. The third kappa shape index (κ3) is 2.61. The van der Waals surface area contributed by atoms with Crippen LogP contribution in [0.15, 0.2) is 46.9 Å². The lowest BCUT2D eigenvalue weighted by atomic mass is 9.94. The molecule has 0 aromatic heterocycles. The molecule has 0 fully saturated rings. The first-order valence-corrected chi connectivity index (χ1v) is 8.11. The number of fused-ring (bicyclic) bond motifs is 1. The molecule has 0 spiro atoms. The number of methoxy groups -OCH3 is 1. The van der Waals surface area contributed by atoms with E-state index < -0.39 is 0 Å². The Hall–Kier alpha value is -1.52. The maximum atomic E-state index is 6.14. The summed E-state index contributed by atoms with van der Waals surface area (Å²) in [4.78, 5) is 6.14. The molecule has 2 aromatic carbocycles. The molecule has 1 heterocycles. The topological polar surface area (TPSA) is 21.7 Å². The Morgan fingerprint density at radius 3 is 2.50 bits per heavy atom. The van der Waals surface area contributed by atoms with Gasteiger partial charge in [0.1, 0.15) is 11.8 Å². The van der Waals surface area contributed by atoms with Crippen molar-refractivity contribution >= 4 is 15.9 Å². The summed E-state index contributed by atoms with van der Waals surface area (Å²) in [6.45, 7) is 6.45. The van der Waals surface area contributed by atoms with Gasteiger partial charge < -0.3 is 9.57 Å². The second-order valence-corrected chi connectivity index (χ2v) is 7.33. The Kier molecular flexibility index (Phi) is 3.91. The summed E-state index contributed by atoms with van der Waals surface area (Å²) in [5.74, 6) is 1.77. The normalized spacial score (nSPS) is 18.0. The van der Waals surface area contributed by atoms with Crippen molar-refractivity contribution in [1.82, 2.24) is 5.06 Å². The Bertz CT molecular complexity index is 694. The second kappa shape index (κ2) is 5.60. The third-order valence-electron chi connectivity index (χ3n) is 3.79. The van der Waals surface area contributed by atoms with Gasteiger partial charge in [0, 0.05) is 21.1 Å². The van der Waals surface area contributed by atoms with Crippen LogP contribution in [0.5, 0.6) is 11.5 Å². The highest BCUT2D eigenvalue weighted by molar-refractivity contribution is 9.10. The second-order valence-electron chi connectivity index (χ2n) is 6.41. The number of hydroxylamine groups is 2. The molecule has 0 bridgehead atoms. The molecule has 0 aliphatic carbocycles. The zero-order valence-electron chi connectivity index (χ0n) is 13.3. The van der Waals surface area contributed by atoms with Crippen molar-refractivity contribution < 1.29 is 9.57 Å². The van der Waals surface area contributed by atoms with Gasteiger partial charge in [0.15, 0.2) is 5.75 Å². The maximum Gasteiger partial charge on any atom is 0.152 e. The zero-order chi connectivity index (χ0) is 15.9. The predicted molar refractivity (Wildman–Crippen MR) is 91.2 cm³/mol. The largest absolute Gasteiger partial charge is 0.496 e. The molecular weight excluding hydrogens is 342 g/mol. The summed E-state index contributed by atoms with van der Waals surface area (Å²) in [5, 5.41) is 2.04.